The van der Waals surface area contributed by atoms with E-state index in [1.807, 2.05) is 6.92 Å². The third kappa shape index (κ3) is 5.03. The molecular weight excluding hydrogens is 218 g/mol. The molecule has 1 heterocycles. The Hall–Kier alpha value is -0.480. The van der Waals surface area contributed by atoms with Gasteiger partial charge >= 0.3 is 0 Å². The van der Waals surface area contributed by atoms with Gasteiger partial charge in [-0.1, -0.05) is 27.7 Å². The third-order valence-corrected chi connectivity index (χ3v) is 3.17. The van der Waals surface area contributed by atoms with Crippen LogP contribution in [0.25, 0.3) is 0 Å². The fourth-order valence-corrected chi connectivity index (χ4v) is 2.67. The van der Waals surface area contributed by atoms with E-state index in [4.69, 9.17) is 0 Å². The van der Waals surface area contributed by atoms with Crippen molar-refractivity contribution in [2.75, 3.05) is 0 Å². The summed E-state index contributed by atoms with van der Waals surface area (Å²) < 4.78 is 0. The van der Waals surface area contributed by atoms with Gasteiger partial charge in [0.05, 0.1) is 0 Å². The summed E-state index contributed by atoms with van der Waals surface area (Å²) in [6, 6.07) is 1.05. The van der Waals surface area contributed by atoms with Crippen molar-refractivity contribution < 1.29 is 0 Å². The molecule has 3 nitrogen and oxygen atoms in total. The molecule has 0 fully saturated rings. The standard InChI is InChI=1S/C12H23N3S/c1-8(2)6-11(13-9(3)4)7-12-15-14-10(5)16-12/h8-9,11,13H,6-7H2,1-5H3/t11-/m0/s1. The molecular formula is C12H23N3S. The molecule has 0 spiro atoms. The summed E-state index contributed by atoms with van der Waals surface area (Å²) in [6.45, 7) is 10.9. The predicted octanol–water partition coefficient (Wildman–Crippen LogP) is 2.80. The van der Waals surface area contributed by atoms with E-state index >= 15 is 0 Å². The summed E-state index contributed by atoms with van der Waals surface area (Å²) in [5, 5.41) is 14.1. The van der Waals surface area contributed by atoms with Crippen LogP contribution in [0, 0.1) is 12.8 Å². The highest BCUT2D eigenvalue weighted by Crippen LogP contribution is 2.15. The van der Waals surface area contributed by atoms with E-state index in [0.29, 0.717) is 18.0 Å². The summed E-state index contributed by atoms with van der Waals surface area (Å²) in [5.74, 6) is 0.713. The van der Waals surface area contributed by atoms with E-state index in [1.165, 1.54) is 6.42 Å². The Labute approximate surface area is 103 Å². The van der Waals surface area contributed by atoms with E-state index in [-0.39, 0.29) is 0 Å². The zero-order valence-corrected chi connectivity index (χ0v) is 11.8. The van der Waals surface area contributed by atoms with E-state index in [0.717, 1.165) is 16.4 Å². The highest BCUT2D eigenvalue weighted by atomic mass is 32.1. The Bertz CT molecular complexity index is 297. The molecule has 1 aromatic rings. The van der Waals surface area contributed by atoms with E-state index in [9.17, 15) is 0 Å². The molecule has 0 unspecified atom stereocenters. The van der Waals surface area contributed by atoms with Crippen LogP contribution in [-0.4, -0.2) is 22.3 Å². The van der Waals surface area contributed by atoms with Gasteiger partial charge in [0.1, 0.15) is 10.0 Å². The molecule has 0 saturated carbocycles. The average molecular weight is 241 g/mol. The van der Waals surface area contributed by atoms with Gasteiger partial charge in [-0.15, -0.1) is 21.5 Å². The number of nitrogens with zero attached hydrogens (tertiary/aromatic N) is 2. The maximum atomic E-state index is 4.20. The first-order valence-corrected chi connectivity index (χ1v) is 6.84. The van der Waals surface area contributed by atoms with Crippen LogP contribution in [0.3, 0.4) is 0 Å². The molecule has 0 radical (unpaired) electrons. The minimum absolute atomic E-state index is 0.521. The fraction of sp³-hybridized carbons (Fsp3) is 0.833. The molecule has 1 aromatic heterocycles. The molecule has 1 atom stereocenters. The quantitative estimate of drug-likeness (QED) is 0.832. The number of rotatable bonds is 6. The van der Waals surface area contributed by atoms with Crippen LogP contribution in [0.2, 0.25) is 0 Å². The van der Waals surface area contributed by atoms with Crippen molar-refractivity contribution in [1.29, 1.82) is 0 Å². The minimum Gasteiger partial charge on any atom is -0.311 e. The van der Waals surface area contributed by atoms with Gasteiger partial charge in [-0.25, -0.2) is 0 Å². The SMILES string of the molecule is Cc1nnc(C[C@H](CC(C)C)NC(C)C)s1. The van der Waals surface area contributed by atoms with Crippen LogP contribution in [0.15, 0.2) is 0 Å². The molecule has 92 valence electrons. The first kappa shape index (κ1) is 13.6. The first-order valence-electron chi connectivity index (χ1n) is 6.02. The van der Waals surface area contributed by atoms with Gasteiger partial charge in [0.25, 0.3) is 0 Å². The summed E-state index contributed by atoms with van der Waals surface area (Å²) in [4.78, 5) is 0. The van der Waals surface area contributed by atoms with Crippen LogP contribution in [0.4, 0.5) is 0 Å². The van der Waals surface area contributed by atoms with E-state index < -0.39 is 0 Å². The molecule has 0 aliphatic carbocycles. The molecule has 1 rings (SSSR count). The zero-order chi connectivity index (χ0) is 12.1. The van der Waals surface area contributed by atoms with Gasteiger partial charge in [-0.05, 0) is 19.3 Å². The highest BCUT2D eigenvalue weighted by Gasteiger charge is 2.14. The van der Waals surface area contributed by atoms with Crippen LogP contribution >= 0.6 is 11.3 Å². The smallest absolute Gasteiger partial charge is 0.118 e. The van der Waals surface area contributed by atoms with E-state index in [1.54, 1.807) is 11.3 Å². The third-order valence-electron chi connectivity index (χ3n) is 2.31. The molecule has 0 amide bonds. The highest BCUT2D eigenvalue weighted by molar-refractivity contribution is 7.11. The zero-order valence-electron chi connectivity index (χ0n) is 10.9. The topological polar surface area (TPSA) is 37.8 Å². The average Bonchev–Trinajstić information content (AvgIpc) is 2.48. The lowest BCUT2D eigenvalue weighted by atomic mass is 10.0. The summed E-state index contributed by atoms with van der Waals surface area (Å²) in [5.41, 5.74) is 0. The molecule has 4 heteroatoms. The number of aromatic nitrogens is 2. The van der Waals surface area contributed by atoms with Crippen molar-refractivity contribution in [3.63, 3.8) is 0 Å². The normalized spacial score (nSPS) is 13.7. The van der Waals surface area contributed by atoms with Gasteiger partial charge in [-0.3, -0.25) is 0 Å². The second-order valence-electron chi connectivity index (χ2n) is 5.07. The van der Waals surface area contributed by atoms with Gasteiger partial charge in [0.15, 0.2) is 0 Å². The second kappa shape index (κ2) is 6.30. The lowest BCUT2D eigenvalue weighted by molar-refractivity contribution is 0.388. The summed E-state index contributed by atoms with van der Waals surface area (Å²) in [6.07, 6.45) is 2.19. The number of nitrogens with one attached hydrogen (secondary N) is 1. The van der Waals surface area contributed by atoms with Crippen LogP contribution in [0.1, 0.15) is 44.1 Å². The Balaban J connectivity index is 2.55. The molecule has 16 heavy (non-hydrogen) atoms. The monoisotopic (exact) mass is 241 g/mol. The lowest BCUT2D eigenvalue weighted by Crippen LogP contribution is -2.37. The lowest BCUT2D eigenvalue weighted by Gasteiger charge is -2.21. The molecule has 1 N–H and O–H groups in total. The van der Waals surface area contributed by atoms with Crippen molar-refractivity contribution in [2.45, 2.75) is 59.5 Å². The largest absolute Gasteiger partial charge is 0.311 e. The molecule has 0 aliphatic heterocycles. The number of hydrogen-bond acceptors (Lipinski definition) is 4. The van der Waals surface area contributed by atoms with Crippen molar-refractivity contribution in [2.24, 2.45) is 5.92 Å². The Kier molecular flexibility index (Phi) is 5.35. The van der Waals surface area contributed by atoms with Gasteiger partial charge in [0, 0.05) is 18.5 Å². The van der Waals surface area contributed by atoms with Crippen molar-refractivity contribution >= 4 is 11.3 Å². The van der Waals surface area contributed by atoms with E-state index in [2.05, 4.69) is 43.2 Å². The maximum Gasteiger partial charge on any atom is 0.118 e. The van der Waals surface area contributed by atoms with Gasteiger partial charge in [-0.2, -0.15) is 0 Å². The number of aryl methyl sites for hydroxylation is 1. The second-order valence-corrected chi connectivity index (χ2v) is 6.33. The van der Waals surface area contributed by atoms with Crippen molar-refractivity contribution in [1.82, 2.24) is 15.5 Å². The van der Waals surface area contributed by atoms with Crippen LogP contribution < -0.4 is 5.32 Å². The Morgan fingerprint density at radius 2 is 1.88 bits per heavy atom. The maximum absolute atomic E-state index is 4.20. The molecule has 0 saturated heterocycles. The number of hydrogen-bond donors (Lipinski definition) is 1. The molecule has 0 bridgehead atoms. The van der Waals surface area contributed by atoms with Gasteiger partial charge in [0.2, 0.25) is 0 Å². The Morgan fingerprint density at radius 1 is 1.19 bits per heavy atom. The van der Waals surface area contributed by atoms with Crippen molar-refractivity contribution in [3.05, 3.63) is 10.0 Å². The summed E-state index contributed by atoms with van der Waals surface area (Å²) >= 11 is 1.71. The Morgan fingerprint density at radius 3 is 2.31 bits per heavy atom. The predicted molar refractivity (Wildman–Crippen MR) is 69.9 cm³/mol. The summed E-state index contributed by atoms with van der Waals surface area (Å²) in [7, 11) is 0. The van der Waals surface area contributed by atoms with Gasteiger partial charge < -0.3 is 5.32 Å². The van der Waals surface area contributed by atoms with Crippen LogP contribution in [-0.2, 0) is 6.42 Å². The fourth-order valence-electron chi connectivity index (χ4n) is 1.88. The van der Waals surface area contributed by atoms with Crippen molar-refractivity contribution in [3.8, 4) is 0 Å². The molecule has 0 aliphatic rings. The minimum atomic E-state index is 0.521. The van der Waals surface area contributed by atoms with Crippen LogP contribution in [0.5, 0.6) is 0 Å². The molecule has 0 aromatic carbocycles. The first-order chi connectivity index (χ1) is 7.47.